The Bertz CT molecular complexity index is 1030. The van der Waals surface area contributed by atoms with Gasteiger partial charge in [0.05, 0.1) is 0 Å². The third kappa shape index (κ3) is 4.49. The van der Waals surface area contributed by atoms with Crippen LogP contribution in [0, 0.1) is 0 Å². The normalized spacial score (nSPS) is 18.0. The van der Waals surface area contributed by atoms with E-state index in [1.807, 2.05) is 0 Å². The zero-order chi connectivity index (χ0) is 36.1. The highest BCUT2D eigenvalue weighted by atomic mass is 19.4. The Morgan fingerprint density at radius 1 is 0.302 bits per heavy atom. The smallest absolute Gasteiger partial charge is 0.438 e. The van der Waals surface area contributed by atoms with Gasteiger partial charge in [-0.3, -0.25) is 0 Å². The summed E-state index contributed by atoms with van der Waals surface area (Å²) in [4.78, 5) is 10.6. The predicted octanol–water partition coefficient (Wildman–Crippen LogP) is 8.26. The number of carbonyl (C=O) groups is 1. The minimum absolute atomic E-state index is 5.84. The van der Waals surface area contributed by atoms with Crippen LogP contribution in [0.4, 0.5) is 119 Å². The summed E-state index contributed by atoms with van der Waals surface area (Å²) in [6.45, 7) is 0. The third-order valence-electron chi connectivity index (χ3n) is 5.17. The van der Waals surface area contributed by atoms with Crippen LogP contribution in [0.2, 0.25) is 0 Å². The molecule has 2 nitrogen and oxygen atoms in total. The third-order valence-corrected chi connectivity index (χ3v) is 5.17. The maximum atomic E-state index is 14.4. The predicted molar refractivity (Wildman–Crippen MR) is 73.1 cm³/mol. The van der Waals surface area contributed by atoms with Crippen LogP contribution in [-0.2, 0) is 4.79 Å². The first-order valence-corrected chi connectivity index (χ1v) is 8.78. The van der Waals surface area contributed by atoms with Crippen LogP contribution < -0.4 is 0 Å². The summed E-state index contributed by atoms with van der Waals surface area (Å²) in [5, 5.41) is 8.04. The van der Waals surface area contributed by atoms with Gasteiger partial charge in [0, 0.05) is 0 Å². The molecule has 0 aromatic carbocycles. The van der Waals surface area contributed by atoms with E-state index in [9.17, 15) is 123 Å². The highest BCUT2D eigenvalue weighted by molar-refractivity contribution is 5.81. The zero-order valence-electron chi connectivity index (χ0n) is 18.1. The molecule has 0 heterocycles. The van der Waals surface area contributed by atoms with Crippen molar-refractivity contribution in [2.75, 3.05) is 0 Å². The van der Waals surface area contributed by atoms with Crippen LogP contribution in [0.25, 0.3) is 0 Å². The second-order valence-corrected chi connectivity index (χ2v) is 7.72. The van der Waals surface area contributed by atoms with Crippen molar-refractivity contribution in [3.63, 3.8) is 0 Å². The van der Waals surface area contributed by atoms with Crippen molar-refractivity contribution in [1.82, 2.24) is 0 Å². The van der Waals surface area contributed by atoms with Gasteiger partial charge in [0.2, 0.25) is 0 Å². The second kappa shape index (κ2) is 9.54. The average Bonchev–Trinajstić information content (AvgIpc) is 2.72. The molecule has 0 radical (unpaired) electrons. The molecule has 29 heteroatoms. The van der Waals surface area contributed by atoms with Gasteiger partial charge in [-0.2, -0.15) is 105 Å². The summed E-state index contributed by atoms with van der Waals surface area (Å²) >= 11 is 0. The molecule has 0 spiro atoms. The Morgan fingerprint density at radius 3 is 0.651 bits per heavy atom. The summed E-state index contributed by atoms with van der Waals surface area (Å²) in [6, 6.07) is 0. The van der Waals surface area contributed by atoms with Gasteiger partial charge in [0.15, 0.2) is 0 Å². The van der Waals surface area contributed by atoms with Gasteiger partial charge < -0.3 is 5.11 Å². The average molecular weight is 714 g/mol. The molecule has 43 heavy (non-hydrogen) atoms. The molecular formula is C14HF27O2. The van der Waals surface area contributed by atoms with E-state index in [0.29, 0.717) is 0 Å². The van der Waals surface area contributed by atoms with Crippen LogP contribution in [-0.4, -0.2) is 88.3 Å². The van der Waals surface area contributed by atoms with E-state index in [1.54, 1.807) is 0 Å². The molecule has 1 atom stereocenters. The first kappa shape index (κ1) is 40.6. The number of halogens is 27. The zero-order valence-corrected chi connectivity index (χ0v) is 18.1. The number of carboxylic acids is 1. The lowest BCUT2D eigenvalue weighted by Gasteiger charge is -2.48. The van der Waals surface area contributed by atoms with Crippen molar-refractivity contribution < 1.29 is 128 Å². The maximum absolute atomic E-state index is 14.4. The van der Waals surface area contributed by atoms with E-state index < -0.39 is 83.2 Å². The number of carboxylic acid groups (broad SMARTS) is 1. The quantitative estimate of drug-likeness (QED) is 0.245. The molecule has 0 saturated carbocycles. The van der Waals surface area contributed by atoms with Crippen LogP contribution in [0.15, 0.2) is 0 Å². The van der Waals surface area contributed by atoms with E-state index in [1.165, 1.54) is 0 Å². The number of hydrogen-bond acceptors (Lipinski definition) is 1. The van der Waals surface area contributed by atoms with Crippen molar-refractivity contribution >= 4 is 5.97 Å². The van der Waals surface area contributed by atoms with Gasteiger partial charge in [-0.1, -0.05) is 0 Å². The lowest BCUT2D eigenvalue weighted by Crippen LogP contribution is -2.82. The topological polar surface area (TPSA) is 37.3 Å². The maximum Gasteiger partial charge on any atom is 0.438 e. The Labute approximate surface area is 213 Å². The molecule has 0 saturated heterocycles. The standard InChI is InChI=1S/C14HF27O2/c15-2(1(42)43,5(18,19)7(22,23)3(16,11(30,31)32)12(33,34)35)6(20,21)9(26,27)10(28,29)8(24,25)4(17,13(36,37)38)14(39,40)41/h(H,42,43). The molecule has 0 aromatic rings. The molecule has 0 rings (SSSR count). The van der Waals surface area contributed by atoms with E-state index in [2.05, 4.69) is 0 Å². The van der Waals surface area contributed by atoms with Crippen molar-refractivity contribution in [3.8, 4) is 0 Å². The molecule has 258 valence electrons. The molecule has 1 N–H and O–H groups in total. The summed E-state index contributed by atoms with van der Waals surface area (Å²) in [7, 11) is 0. The number of alkyl halides is 27. The van der Waals surface area contributed by atoms with Crippen molar-refractivity contribution in [1.29, 1.82) is 0 Å². The van der Waals surface area contributed by atoms with Crippen LogP contribution in [0.5, 0.6) is 0 Å². The highest BCUT2D eigenvalue weighted by Gasteiger charge is 3.02. The van der Waals surface area contributed by atoms with E-state index in [-0.39, 0.29) is 0 Å². The monoisotopic (exact) mass is 714 g/mol. The number of rotatable bonds is 9. The van der Waals surface area contributed by atoms with Gasteiger partial charge in [0.1, 0.15) is 0 Å². The first-order chi connectivity index (χ1) is 17.9. The molecule has 0 fully saturated rings. The first-order valence-electron chi connectivity index (χ1n) is 8.78. The van der Waals surface area contributed by atoms with Crippen LogP contribution >= 0.6 is 0 Å². The second-order valence-electron chi connectivity index (χ2n) is 7.72. The molecular weight excluding hydrogens is 713 g/mol. The fourth-order valence-electron chi connectivity index (χ4n) is 2.76. The van der Waals surface area contributed by atoms with Gasteiger partial charge >= 0.3 is 83.2 Å². The molecule has 1 unspecified atom stereocenters. The summed E-state index contributed by atoms with van der Waals surface area (Å²) in [5.74, 6) is -64.6. The highest BCUT2D eigenvalue weighted by Crippen LogP contribution is 2.69. The Hall–Kier alpha value is -2.42. The molecule has 0 aliphatic carbocycles. The lowest BCUT2D eigenvalue weighted by atomic mass is 9.75. The van der Waals surface area contributed by atoms with Gasteiger partial charge in [-0.05, 0) is 0 Å². The summed E-state index contributed by atoms with van der Waals surface area (Å²) in [5.41, 5.74) is -28.1. The SMILES string of the molecule is O=C(O)C(F)(C(F)(F)C(F)(F)C(F)(F)C(F)(F)C(F)(C(F)(F)F)C(F)(F)F)C(F)(F)C(F)(F)C(F)(C(F)(F)F)C(F)(F)F. The fourth-order valence-corrected chi connectivity index (χ4v) is 2.76. The summed E-state index contributed by atoms with van der Waals surface area (Å²) < 4.78 is 356. The minimum Gasteiger partial charge on any atom is -0.479 e. The minimum atomic E-state index is -9.92. The van der Waals surface area contributed by atoms with Gasteiger partial charge in [0.25, 0.3) is 0 Å². The Balaban J connectivity index is 8.10. The number of aliphatic carboxylic acids is 1. The molecule has 0 amide bonds. The molecule has 0 aliphatic rings. The van der Waals surface area contributed by atoms with E-state index in [0.717, 1.165) is 0 Å². The summed E-state index contributed by atoms with van der Waals surface area (Å²) in [6.07, 6.45) is -35.0. The largest absolute Gasteiger partial charge is 0.479 e. The lowest BCUT2D eigenvalue weighted by molar-refractivity contribution is -0.474. The van der Waals surface area contributed by atoms with Crippen molar-refractivity contribution in [3.05, 3.63) is 0 Å². The Morgan fingerprint density at radius 2 is 0.465 bits per heavy atom. The van der Waals surface area contributed by atoms with Crippen LogP contribution in [0.3, 0.4) is 0 Å². The molecule has 0 aromatic heterocycles. The van der Waals surface area contributed by atoms with E-state index in [4.69, 9.17) is 5.11 Å². The van der Waals surface area contributed by atoms with Crippen LogP contribution in [0.1, 0.15) is 0 Å². The van der Waals surface area contributed by atoms with Crippen molar-refractivity contribution in [2.24, 2.45) is 0 Å². The molecule has 0 aliphatic heterocycles. The van der Waals surface area contributed by atoms with Crippen molar-refractivity contribution in [2.45, 2.75) is 77.2 Å². The molecule has 0 bridgehead atoms. The Kier molecular flexibility index (Phi) is 9.00. The van der Waals surface area contributed by atoms with Gasteiger partial charge in [-0.15, -0.1) is 0 Å². The fraction of sp³-hybridized carbons (Fsp3) is 0.929. The van der Waals surface area contributed by atoms with E-state index >= 15 is 0 Å². The number of hydrogen-bond donors (Lipinski definition) is 1. The van der Waals surface area contributed by atoms with Gasteiger partial charge in [-0.25, -0.2) is 18.0 Å².